The number of benzene rings is 1. The van der Waals surface area contributed by atoms with Crippen LogP contribution in [0.3, 0.4) is 0 Å². The van der Waals surface area contributed by atoms with Crippen molar-refractivity contribution < 1.29 is 4.74 Å². The maximum Gasteiger partial charge on any atom is 0.225 e. The van der Waals surface area contributed by atoms with Gasteiger partial charge in [-0.05, 0) is 30.2 Å². The van der Waals surface area contributed by atoms with Gasteiger partial charge < -0.3 is 10.1 Å². The average Bonchev–Trinajstić information content (AvgIpc) is 2.54. The van der Waals surface area contributed by atoms with Gasteiger partial charge in [-0.1, -0.05) is 43.8 Å². The predicted molar refractivity (Wildman–Crippen MR) is 88.6 cm³/mol. The summed E-state index contributed by atoms with van der Waals surface area (Å²) in [5.74, 6) is 2.63. The molecule has 1 aromatic carbocycles. The summed E-state index contributed by atoms with van der Waals surface area (Å²) < 4.78 is 6.01. The molecule has 1 aromatic heterocycles. The van der Waals surface area contributed by atoms with Crippen LogP contribution < -0.4 is 10.1 Å². The predicted octanol–water partition coefficient (Wildman–Crippen LogP) is 4.55. The third kappa shape index (κ3) is 3.88. The Bertz CT molecular complexity index is 582. The van der Waals surface area contributed by atoms with Gasteiger partial charge in [0.25, 0.3) is 0 Å². The zero-order chi connectivity index (χ0) is 15.2. The number of para-hydroxylation sites is 1. The molecule has 112 valence electrons. The minimum atomic E-state index is 0.451. The number of thioether (sulfide) groups is 1. The van der Waals surface area contributed by atoms with Crippen LogP contribution in [0, 0.1) is 0 Å². The third-order valence-corrected chi connectivity index (χ3v) is 3.95. The quantitative estimate of drug-likeness (QED) is 0.627. The van der Waals surface area contributed by atoms with Crippen molar-refractivity contribution >= 4 is 17.6 Å². The fourth-order valence-corrected chi connectivity index (χ4v) is 2.36. The molecule has 2 rings (SSSR count). The standard InChI is InChI=1S/C16H21N3OS/c1-5-11(2)12-8-6-7-9-13(12)20-15-10-14(17-3)18-16(19-15)21-4/h6-11H,5H2,1-4H3,(H,17,18,19). The maximum absolute atomic E-state index is 6.01. The normalized spacial score (nSPS) is 12.0. The number of ether oxygens (including phenoxy) is 1. The monoisotopic (exact) mass is 303 g/mol. The Morgan fingerprint density at radius 2 is 2.05 bits per heavy atom. The molecule has 0 saturated heterocycles. The Hall–Kier alpha value is -1.75. The molecular formula is C16H21N3OS. The summed E-state index contributed by atoms with van der Waals surface area (Å²) in [6.07, 6.45) is 3.02. The molecule has 1 N–H and O–H groups in total. The Kier molecular flexibility index (Phi) is 5.44. The Morgan fingerprint density at radius 1 is 1.29 bits per heavy atom. The summed E-state index contributed by atoms with van der Waals surface area (Å²) in [5, 5.41) is 3.72. The highest BCUT2D eigenvalue weighted by Gasteiger charge is 2.12. The molecule has 2 aromatic rings. The van der Waals surface area contributed by atoms with Gasteiger partial charge in [-0.2, -0.15) is 4.98 Å². The summed E-state index contributed by atoms with van der Waals surface area (Å²) in [7, 11) is 1.84. The number of anilines is 1. The number of nitrogens with zero attached hydrogens (tertiary/aromatic N) is 2. The lowest BCUT2D eigenvalue weighted by atomic mass is 9.98. The van der Waals surface area contributed by atoms with Crippen LogP contribution >= 0.6 is 11.8 Å². The zero-order valence-corrected chi connectivity index (χ0v) is 13.7. The lowest BCUT2D eigenvalue weighted by Crippen LogP contribution is -2.00. The van der Waals surface area contributed by atoms with E-state index in [1.165, 1.54) is 17.3 Å². The molecule has 21 heavy (non-hydrogen) atoms. The van der Waals surface area contributed by atoms with E-state index in [0.29, 0.717) is 17.0 Å². The van der Waals surface area contributed by atoms with Crippen LogP contribution in [0.25, 0.3) is 0 Å². The maximum atomic E-state index is 6.01. The molecule has 0 aliphatic carbocycles. The summed E-state index contributed by atoms with van der Waals surface area (Å²) in [4.78, 5) is 8.76. The van der Waals surface area contributed by atoms with Crippen molar-refractivity contribution in [2.75, 3.05) is 18.6 Å². The molecule has 1 atom stereocenters. The smallest absolute Gasteiger partial charge is 0.225 e. The van der Waals surface area contributed by atoms with Crippen molar-refractivity contribution in [3.63, 3.8) is 0 Å². The van der Waals surface area contributed by atoms with Gasteiger partial charge in [0, 0.05) is 13.1 Å². The van der Waals surface area contributed by atoms with Gasteiger partial charge >= 0.3 is 0 Å². The van der Waals surface area contributed by atoms with Crippen molar-refractivity contribution in [3.8, 4) is 11.6 Å². The number of rotatable bonds is 6. The van der Waals surface area contributed by atoms with E-state index in [1.54, 1.807) is 0 Å². The second-order valence-electron chi connectivity index (χ2n) is 4.78. The van der Waals surface area contributed by atoms with E-state index in [9.17, 15) is 0 Å². The summed E-state index contributed by atoms with van der Waals surface area (Å²) in [6, 6.07) is 9.94. The van der Waals surface area contributed by atoms with Gasteiger partial charge in [0.2, 0.25) is 5.88 Å². The number of aromatic nitrogens is 2. The third-order valence-electron chi connectivity index (χ3n) is 3.40. The molecular weight excluding hydrogens is 282 g/mol. The Morgan fingerprint density at radius 3 is 2.71 bits per heavy atom. The van der Waals surface area contributed by atoms with Crippen molar-refractivity contribution in [3.05, 3.63) is 35.9 Å². The molecule has 0 bridgehead atoms. The molecule has 4 nitrogen and oxygen atoms in total. The molecule has 0 saturated carbocycles. The van der Waals surface area contributed by atoms with Crippen molar-refractivity contribution in [1.29, 1.82) is 0 Å². The van der Waals surface area contributed by atoms with E-state index >= 15 is 0 Å². The van der Waals surface area contributed by atoms with Gasteiger partial charge in [-0.25, -0.2) is 4.98 Å². The highest BCUT2D eigenvalue weighted by atomic mass is 32.2. The van der Waals surface area contributed by atoms with E-state index in [2.05, 4.69) is 35.2 Å². The fourth-order valence-electron chi connectivity index (χ4n) is 1.99. The van der Waals surface area contributed by atoms with Gasteiger partial charge in [-0.3, -0.25) is 0 Å². The van der Waals surface area contributed by atoms with E-state index < -0.39 is 0 Å². The SMILES string of the molecule is CCC(C)c1ccccc1Oc1cc(NC)nc(SC)n1. The Balaban J connectivity index is 2.34. The first-order chi connectivity index (χ1) is 10.2. The van der Waals surface area contributed by atoms with Gasteiger partial charge in [0.15, 0.2) is 5.16 Å². The van der Waals surface area contributed by atoms with Crippen molar-refractivity contribution in [1.82, 2.24) is 9.97 Å². The lowest BCUT2D eigenvalue weighted by Gasteiger charge is -2.15. The van der Waals surface area contributed by atoms with Gasteiger partial charge in [-0.15, -0.1) is 0 Å². The van der Waals surface area contributed by atoms with E-state index in [1.807, 2.05) is 37.6 Å². The van der Waals surface area contributed by atoms with Crippen molar-refractivity contribution in [2.24, 2.45) is 0 Å². The van der Waals surface area contributed by atoms with E-state index in [-0.39, 0.29) is 0 Å². The van der Waals surface area contributed by atoms with Gasteiger partial charge in [0.1, 0.15) is 11.6 Å². The molecule has 0 radical (unpaired) electrons. The van der Waals surface area contributed by atoms with Crippen LogP contribution in [0.2, 0.25) is 0 Å². The average molecular weight is 303 g/mol. The Labute approximate surface area is 130 Å². The topological polar surface area (TPSA) is 47.0 Å². The number of hydrogen-bond donors (Lipinski definition) is 1. The molecule has 0 spiro atoms. The largest absolute Gasteiger partial charge is 0.439 e. The van der Waals surface area contributed by atoms with E-state index in [4.69, 9.17) is 4.74 Å². The van der Waals surface area contributed by atoms with Gasteiger partial charge in [0.05, 0.1) is 0 Å². The molecule has 0 amide bonds. The second-order valence-corrected chi connectivity index (χ2v) is 5.55. The minimum absolute atomic E-state index is 0.451. The van der Waals surface area contributed by atoms with E-state index in [0.717, 1.165) is 18.0 Å². The first-order valence-corrected chi connectivity index (χ1v) is 8.28. The van der Waals surface area contributed by atoms with Crippen LogP contribution in [0.4, 0.5) is 5.82 Å². The molecule has 1 heterocycles. The fraction of sp³-hybridized carbons (Fsp3) is 0.375. The highest BCUT2D eigenvalue weighted by molar-refractivity contribution is 7.98. The van der Waals surface area contributed by atoms with Crippen LogP contribution in [-0.2, 0) is 0 Å². The number of nitrogens with one attached hydrogen (secondary N) is 1. The first kappa shape index (κ1) is 15.6. The summed E-state index contributed by atoms with van der Waals surface area (Å²) in [5.41, 5.74) is 1.20. The van der Waals surface area contributed by atoms with Crippen LogP contribution in [0.1, 0.15) is 31.7 Å². The molecule has 5 heteroatoms. The van der Waals surface area contributed by atoms with Crippen LogP contribution in [0.5, 0.6) is 11.6 Å². The van der Waals surface area contributed by atoms with Crippen LogP contribution in [-0.4, -0.2) is 23.3 Å². The van der Waals surface area contributed by atoms with Crippen LogP contribution in [0.15, 0.2) is 35.5 Å². The highest BCUT2D eigenvalue weighted by Crippen LogP contribution is 2.32. The zero-order valence-electron chi connectivity index (χ0n) is 12.9. The summed E-state index contributed by atoms with van der Waals surface area (Å²) >= 11 is 1.50. The number of hydrogen-bond acceptors (Lipinski definition) is 5. The lowest BCUT2D eigenvalue weighted by molar-refractivity contribution is 0.446. The molecule has 1 unspecified atom stereocenters. The minimum Gasteiger partial charge on any atom is -0.439 e. The van der Waals surface area contributed by atoms with Crippen molar-refractivity contribution in [2.45, 2.75) is 31.3 Å². The second kappa shape index (κ2) is 7.31. The molecule has 0 aliphatic heterocycles. The first-order valence-electron chi connectivity index (χ1n) is 7.05. The molecule has 0 fully saturated rings. The summed E-state index contributed by atoms with van der Waals surface area (Å²) in [6.45, 7) is 4.38. The molecule has 0 aliphatic rings.